The van der Waals surface area contributed by atoms with Gasteiger partial charge in [0.25, 0.3) is 11.6 Å². The van der Waals surface area contributed by atoms with E-state index < -0.39 is 0 Å². The lowest BCUT2D eigenvalue weighted by atomic mass is 10.2. The maximum Gasteiger partial charge on any atom is 0.292 e. The zero-order valence-corrected chi connectivity index (χ0v) is 13.7. The molecular weight excluding hydrogens is 328 g/mol. The Morgan fingerprint density at radius 3 is 2.50 bits per heavy atom. The number of anilines is 1. The lowest BCUT2D eigenvalue weighted by Gasteiger charge is -2.35. The van der Waals surface area contributed by atoms with E-state index in [-0.39, 0.29) is 16.5 Å². The van der Waals surface area contributed by atoms with Crippen molar-refractivity contribution in [3.63, 3.8) is 0 Å². The largest absolute Gasteiger partial charge is 0.362 e. The number of hydrogen-bond acceptors (Lipinski definition) is 5. The normalized spacial score (nSPS) is 14.5. The minimum atomic E-state index is -0.379. The first-order chi connectivity index (χ1) is 11.6. The maximum atomic E-state index is 12.6. The van der Waals surface area contributed by atoms with Crippen LogP contribution in [0.4, 0.5) is 11.4 Å². The van der Waals surface area contributed by atoms with Crippen LogP contribution in [0.3, 0.4) is 0 Å². The number of rotatable bonds is 3. The standard InChI is InChI=1S/C16H16N4O3S/c21-16(12-4-3-7-17-15(12)24)19-10-8-18(9-11-19)13-5-1-2-6-14(13)20(22)23/h1-7H,8-11H2,(H,17,24). The summed E-state index contributed by atoms with van der Waals surface area (Å²) in [6.45, 7) is 2.07. The third-order valence-corrected chi connectivity index (χ3v) is 4.37. The van der Waals surface area contributed by atoms with Gasteiger partial charge in [0.2, 0.25) is 0 Å². The number of amides is 1. The van der Waals surface area contributed by atoms with E-state index in [9.17, 15) is 14.9 Å². The number of aromatic nitrogens is 1. The topological polar surface area (TPSA) is 82.5 Å². The van der Waals surface area contributed by atoms with Crippen molar-refractivity contribution in [2.24, 2.45) is 0 Å². The zero-order valence-electron chi connectivity index (χ0n) is 12.8. The van der Waals surface area contributed by atoms with Crippen molar-refractivity contribution < 1.29 is 9.72 Å². The number of nitro benzene ring substituents is 1. The molecule has 0 unspecified atom stereocenters. The molecule has 3 rings (SSSR count). The molecule has 124 valence electrons. The summed E-state index contributed by atoms with van der Waals surface area (Å²) in [6.07, 6.45) is 1.69. The number of nitrogens with one attached hydrogen (secondary N) is 1. The van der Waals surface area contributed by atoms with Gasteiger partial charge in [0, 0.05) is 38.4 Å². The third kappa shape index (κ3) is 3.13. The summed E-state index contributed by atoms with van der Waals surface area (Å²) in [4.78, 5) is 29.9. The molecule has 1 N–H and O–H groups in total. The number of carbonyl (C=O) groups excluding carboxylic acids is 1. The molecule has 2 heterocycles. The number of piperazine rings is 1. The summed E-state index contributed by atoms with van der Waals surface area (Å²) in [5.74, 6) is -0.112. The average Bonchev–Trinajstić information content (AvgIpc) is 2.62. The molecule has 0 bridgehead atoms. The molecular formula is C16H16N4O3S. The Labute approximate surface area is 143 Å². The Hall–Kier alpha value is -2.74. The minimum Gasteiger partial charge on any atom is -0.362 e. The van der Waals surface area contributed by atoms with Crippen LogP contribution < -0.4 is 4.90 Å². The fourth-order valence-electron chi connectivity index (χ4n) is 2.80. The molecule has 2 aromatic rings. The highest BCUT2D eigenvalue weighted by atomic mass is 32.1. The van der Waals surface area contributed by atoms with Gasteiger partial charge in [-0.15, -0.1) is 0 Å². The lowest BCUT2D eigenvalue weighted by Crippen LogP contribution is -2.49. The monoisotopic (exact) mass is 344 g/mol. The van der Waals surface area contributed by atoms with Crippen LogP contribution in [0.25, 0.3) is 0 Å². The van der Waals surface area contributed by atoms with Crippen molar-refractivity contribution in [1.29, 1.82) is 0 Å². The van der Waals surface area contributed by atoms with Crippen LogP contribution >= 0.6 is 12.2 Å². The fraction of sp³-hybridized carbons (Fsp3) is 0.250. The Morgan fingerprint density at radius 2 is 1.83 bits per heavy atom. The number of benzene rings is 1. The molecule has 1 aromatic heterocycles. The van der Waals surface area contributed by atoms with Gasteiger partial charge in [-0.1, -0.05) is 24.4 Å². The molecule has 1 fully saturated rings. The molecule has 0 radical (unpaired) electrons. The molecule has 0 aliphatic carbocycles. The van der Waals surface area contributed by atoms with Crippen molar-refractivity contribution in [3.05, 3.63) is 62.9 Å². The van der Waals surface area contributed by atoms with Gasteiger partial charge in [0.1, 0.15) is 10.3 Å². The molecule has 24 heavy (non-hydrogen) atoms. The molecule has 8 heteroatoms. The van der Waals surface area contributed by atoms with Crippen LogP contribution in [-0.2, 0) is 0 Å². The first-order valence-electron chi connectivity index (χ1n) is 7.53. The molecule has 0 saturated carbocycles. The first kappa shape index (κ1) is 16.1. The van der Waals surface area contributed by atoms with E-state index in [1.54, 1.807) is 41.4 Å². The van der Waals surface area contributed by atoms with E-state index in [0.717, 1.165) is 0 Å². The van der Waals surface area contributed by atoms with E-state index in [1.807, 2.05) is 4.90 Å². The number of pyridine rings is 1. The van der Waals surface area contributed by atoms with Crippen LogP contribution in [0.15, 0.2) is 42.6 Å². The number of nitro groups is 1. The van der Waals surface area contributed by atoms with Gasteiger partial charge < -0.3 is 14.8 Å². The van der Waals surface area contributed by atoms with E-state index in [1.165, 1.54) is 6.07 Å². The van der Waals surface area contributed by atoms with Crippen LogP contribution in [0.2, 0.25) is 0 Å². The van der Waals surface area contributed by atoms with Gasteiger partial charge in [-0.3, -0.25) is 14.9 Å². The summed E-state index contributed by atoms with van der Waals surface area (Å²) in [5, 5.41) is 11.2. The van der Waals surface area contributed by atoms with E-state index in [0.29, 0.717) is 42.1 Å². The maximum absolute atomic E-state index is 12.6. The molecule has 1 amide bonds. The van der Waals surface area contributed by atoms with Gasteiger partial charge in [-0.2, -0.15) is 0 Å². The summed E-state index contributed by atoms with van der Waals surface area (Å²) in [7, 11) is 0. The van der Waals surface area contributed by atoms with Crippen LogP contribution in [-0.4, -0.2) is 46.9 Å². The molecule has 1 aliphatic rings. The summed E-state index contributed by atoms with van der Waals surface area (Å²) in [5.41, 5.74) is 1.15. The number of nitrogens with zero attached hydrogens (tertiary/aromatic N) is 3. The lowest BCUT2D eigenvalue weighted by molar-refractivity contribution is -0.384. The average molecular weight is 344 g/mol. The number of para-hydroxylation sites is 2. The number of carbonyl (C=O) groups is 1. The van der Waals surface area contributed by atoms with Gasteiger partial charge in [0.05, 0.1) is 10.5 Å². The van der Waals surface area contributed by atoms with Gasteiger partial charge in [0.15, 0.2) is 0 Å². The van der Waals surface area contributed by atoms with Crippen molar-refractivity contribution >= 4 is 29.5 Å². The van der Waals surface area contributed by atoms with Gasteiger partial charge in [-0.25, -0.2) is 0 Å². The van der Waals surface area contributed by atoms with Crippen LogP contribution in [0.1, 0.15) is 10.4 Å². The van der Waals surface area contributed by atoms with Crippen molar-refractivity contribution in [3.8, 4) is 0 Å². The Balaban J connectivity index is 1.73. The quantitative estimate of drug-likeness (QED) is 0.526. The number of aromatic amines is 1. The summed E-state index contributed by atoms with van der Waals surface area (Å²) >= 11 is 5.15. The Kier molecular flexibility index (Phi) is 4.57. The number of hydrogen-bond donors (Lipinski definition) is 1. The highest BCUT2D eigenvalue weighted by Crippen LogP contribution is 2.28. The second kappa shape index (κ2) is 6.79. The molecule has 1 aliphatic heterocycles. The third-order valence-electron chi connectivity index (χ3n) is 4.03. The molecule has 1 aromatic carbocycles. The van der Waals surface area contributed by atoms with Gasteiger partial charge in [-0.05, 0) is 18.2 Å². The molecule has 7 nitrogen and oxygen atoms in total. The van der Waals surface area contributed by atoms with Crippen molar-refractivity contribution in [1.82, 2.24) is 9.88 Å². The highest BCUT2D eigenvalue weighted by Gasteiger charge is 2.26. The van der Waals surface area contributed by atoms with Crippen molar-refractivity contribution in [2.45, 2.75) is 0 Å². The number of H-pyrrole nitrogens is 1. The van der Waals surface area contributed by atoms with E-state index in [4.69, 9.17) is 12.2 Å². The van der Waals surface area contributed by atoms with E-state index in [2.05, 4.69) is 4.98 Å². The Bertz CT molecular complexity index is 828. The molecule has 0 atom stereocenters. The van der Waals surface area contributed by atoms with Gasteiger partial charge >= 0.3 is 0 Å². The predicted molar refractivity (Wildman–Crippen MR) is 92.8 cm³/mol. The fourth-order valence-corrected chi connectivity index (χ4v) is 3.02. The molecule has 1 saturated heterocycles. The van der Waals surface area contributed by atoms with Crippen molar-refractivity contribution in [2.75, 3.05) is 31.1 Å². The molecule has 0 spiro atoms. The van der Waals surface area contributed by atoms with E-state index >= 15 is 0 Å². The zero-order chi connectivity index (χ0) is 17.1. The van der Waals surface area contributed by atoms with Crippen LogP contribution in [0, 0.1) is 14.8 Å². The minimum absolute atomic E-state index is 0.0859. The Morgan fingerprint density at radius 1 is 1.12 bits per heavy atom. The smallest absolute Gasteiger partial charge is 0.292 e. The highest BCUT2D eigenvalue weighted by molar-refractivity contribution is 7.71. The SMILES string of the molecule is O=C(c1ccc[nH]c1=S)N1CCN(c2ccccc2[N+](=O)[O-])CC1. The summed E-state index contributed by atoms with van der Waals surface area (Å²) < 4.78 is 0.420. The predicted octanol–water partition coefficient (Wildman–Crippen LogP) is 2.61. The second-order valence-electron chi connectivity index (χ2n) is 5.44. The van der Waals surface area contributed by atoms with Crippen LogP contribution in [0.5, 0.6) is 0 Å². The second-order valence-corrected chi connectivity index (χ2v) is 5.85. The summed E-state index contributed by atoms with van der Waals surface area (Å²) in [6, 6.07) is 10.1. The first-order valence-corrected chi connectivity index (χ1v) is 7.94.